The molecule has 5 heteroatoms. The molecule has 82 valence electrons. The maximum Gasteiger partial charge on any atom is 0.312 e. The molecule has 0 atom stereocenters. The van der Waals surface area contributed by atoms with E-state index in [0.717, 1.165) is 5.75 Å². The van der Waals surface area contributed by atoms with Crippen LogP contribution >= 0.6 is 0 Å². The van der Waals surface area contributed by atoms with Crippen molar-refractivity contribution in [2.45, 2.75) is 0 Å². The van der Waals surface area contributed by atoms with Crippen molar-refractivity contribution in [3.8, 4) is 5.75 Å². The second kappa shape index (κ2) is 5.31. The van der Waals surface area contributed by atoms with Crippen molar-refractivity contribution in [2.75, 3.05) is 20.0 Å². The number of benzene rings is 1. The number of anilines is 1. The highest BCUT2D eigenvalue weighted by Crippen LogP contribution is 2.16. The summed E-state index contributed by atoms with van der Waals surface area (Å²) in [4.78, 5) is 0. The minimum Gasteiger partial charge on any atom is -0.467 e. The zero-order valence-corrected chi connectivity index (χ0v) is 11.1. The number of rotatable bonds is 4. The summed E-state index contributed by atoms with van der Waals surface area (Å²) in [6.07, 6.45) is 0. The molecule has 1 aromatic carbocycles. The summed E-state index contributed by atoms with van der Waals surface area (Å²) >= 11 is 0. The summed E-state index contributed by atoms with van der Waals surface area (Å²) in [7, 11) is 3.79. The molecule has 0 aromatic heterocycles. The van der Waals surface area contributed by atoms with Crippen LogP contribution in [-0.4, -0.2) is 24.5 Å². The average Bonchev–Trinajstić information content (AvgIpc) is 2.23. The van der Waals surface area contributed by atoms with Crippen LogP contribution in [0.4, 0.5) is 5.69 Å². The summed E-state index contributed by atoms with van der Waals surface area (Å²) in [5.41, 5.74) is 6.27. The summed E-state index contributed by atoms with van der Waals surface area (Å²) < 4.78 is 15.5. The Bertz CT molecular complexity index is 342. The summed E-state index contributed by atoms with van der Waals surface area (Å²) in [5.74, 6) is 1.14. The number of hydrogen-bond donors (Lipinski definition) is 1. The molecular formula is C10H15NO3Si. The molecule has 0 radical (unpaired) electrons. The fraction of sp³-hybridized carbons (Fsp3) is 0.200. The molecule has 0 aliphatic heterocycles. The first kappa shape index (κ1) is 11.5. The van der Waals surface area contributed by atoms with E-state index in [1.54, 1.807) is 38.5 Å². The third kappa shape index (κ3) is 3.21. The zero-order chi connectivity index (χ0) is 11.3. The first-order valence-electron chi connectivity index (χ1n) is 4.49. The number of nitrogen functional groups attached to an aromatic ring is 1. The van der Waals surface area contributed by atoms with Gasteiger partial charge in [-0.05, 0) is 24.3 Å². The van der Waals surface area contributed by atoms with E-state index in [4.69, 9.17) is 19.9 Å². The van der Waals surface area contributed by atoms with Crippen molar-refractivity contribution in [3.63, 3.8) is 0 Å². The van der Waals surface area contributed by atoms with Gasteiger partial charge in [-0.2, -0.15) is 0 Å². The van der Waals surface area contributed by atoms with Gasteiger partial charge < -0.3 is 19.9 Å². The third-order valence-electron chi connectivity index (χ3n) is 1.81. The third-order valence-corrected chi connectivity index (χ3v) is 2.42. The average molecular weight is 225 g/mol. The maximum absolute atomic E-state index is 5.56. The highest BCUT2D eigenvalue weighted by molar-refractivity contribution is 6.20. The Balaban J connectivity index is 2.77. The second-order valence-corrected chi connectivity index (χ2v) is 3.83. The molecule has 0 fully saturated rings. The van der Waals surface area contributed by atoms with Gasteiger partial charge in [0.15, 0.2) is 0 Å². The summed E-state index contributed by atoms with van der Waals surface area (Å²) in [5, 5.41) is 0.699. The Morgan fingerprint density at radius 1 is 1.13 bits per heavy atom. The molecular weight excluding hydrogens is 210 g/mol. The van der Waals surface area contributed by atoms with Gasteiger partial charge in [-0.3, -0.25) is 0 Å². The van der Waals surface area contributed by atoms with Crippen molar-refractivity contribution >= 4 is 15.9 Å². The Hall–Kier alpha value is -1.62. The van der Waals surface area contributed by atoms with E-state index < -0.39 is 0 Å². The molecule has 0 amide bonds. The molecule has 1 rings (SSSR count). The van der Waals surface area contributed by atoms with E-state index in [0.29, 0.717) is 27.3 Å². The lowest BCUT2D eigenvalue weighted by molar-refractivity contribution is 0.0827. The fourth-order valence-electron chi connectivity index (χ4n) is 1.13. The van der Waals surface area contributed by atoms with Gasteiger partial charge in [0.1, 0.15) is 11.1 Å². The van der Waals surface area contributed by atoms with Crippen molar-refractivity contribution in [2.24, 2.45) is 0 Å². The Labute approximate surface area is 92.1 Å². The summed E-state index contributed by atoms with van der Waals surface area (Å²) in [6, 6.07) is 7.17. The number of hydrogen-bond acceptors (Lipinski definition) is 4. The highest BCUT2D eigenvalue weighted by Gasteiger charge is 2.04. The number of nitrogens with two attached hydrogens (primary N) is 1. The van der Waals surface area contributed by atoms with Crippen LogP contribution in [0.1, 0.15) is 0 Å². The van der Waals surface area contributed by atoms with Gasteiger partial charge in [0.2, 0.25) is 0 Å². The van der Waals surface area contributed by atoms with Gasteiger partial charge in [-0.15, -0.1) is 0 Å². The Kier molecular flexibility index (Phi) is 4.05. The first-order chi connectivity index (χ1) is 7.17. The van der Waals surface area contributed by atoms with E-state index in [-0.39, 0.29) is 0 Å². The van der Waals surface area contributed by atoms with E-state index in [1.165, 1.54) is 0 Å². The molecule has 1 aromatic rings. The van der Waals surface area contributed by atoms with Crippen molar-refractivity contribution in [1.29, 1.82) is 0 Å². The SMILES string of the molecule is COC(OC)=C([SiH3])Oc1ccc(N)cc1. The molecule has 0 unspecified atom stereocenters. The largest absolute Gasteiger partial charge is 0.467 e. The quantitative estimate of drug-likeness (QED) is 0.459. The molecule has 0 aliphatic carbocycles. The van der Waals surface area contributed by atoms with Crippen LogP contribution in [0.2, 0.25) is 0 Å². The van der Waals surface area contributed by atoms with Crippen molar-refractivity contribution < 1.29 is 14.2 Å². The smallest absolute Gasteiger partial charge is 0.312 e. The van der Waals surface area contributed by atoms with Gasteiger partial charge in [-0.1, -0.05) is 0 Å². The highest BCUT2D eigenvalue weighted by atomic mass is 28.1. The number of methoxy groups -OCH3 is 2. The standard InChI is InChI=1S/C10H15NO3Si/c1-12-9(13-2)10(15)14-8-5-3-7(11)4-6-8/h3-6H,11H2,1-2,15H3. The van der Waals surface area contributed by atoms with E-state index in [1.807, 2.05) is 0 Å². The van der Waals surface area contributed by atoms with Gasteiger partial charge in [-0.25, -0.2) is 0 Å². The Morgan fingerprint density at radius 2 is 1.67 bits per heavy atom. The number of ether oxygens (including phenoxy) is 3. The molecule has 2 N–H and O–H groups in total. The molecule has 0 heterocycles. The molecule has 0 saturated carbocycles. The Morgan fingerprint density at radius 3 is 2.13 bits per heavy atom. The van der Waals surface area contributed by atoms with Crippen molar-refractivity contribution in [3.05, 3.63) is 35.6 Å². The minimum absolute atomic E-state index is 0.415. The van der Waals surface area contributed by atoms with Gasteiger partial charge in [0.05, 0.1) is 24.5 Å². The van der Waals surface area contributed by atoms with Crippen LogP contribution in [0.3, 0.4) is 0 Å². The van der Waals surface area contributed by atoms with Crippen LogP contribution in [0, 0.1) is 0 Å². The molecule has 4 nitrogen and oxygen atoms in total. The lowest BCUT2D eigenvalue weighted by Crippen LogP contribution is -2.03. The normalized spacial score (nSPS) is 9.47. The molecule has 0 saturated heterocycles. The van der Waals surface area contributed by atoms with Crippen LogP contribution < -0.4 is 10.5 Å². The van der Waals surface area contributed by atoms with E-state index >= 15 is 0 Å². The van der Waals surface area contributed by atoms with Gasteiger partial charge in [0.25, 0.3) is 0 Å². The topological polar surface area (TPSA) is 53.7 Å². The lowest BCUT2D eigenvalue weighted by Gasteiger charge is -2.10. The van der Waals surface area contributed by atoms with Gasteiger partial charge in [0, 0.05) is 5.69 Å². The van der Waals surface area contributed by atoms with Crippen LogP contribution in [0.25, 0.3) is 0 Å². The molecule has 0 bridgehead atoms. The van der Waals surface area contributed by atoms with E-state index in [2.05, 4.69) is 0 Å². The molecule has 15 heavy (non-hydrogen) atoms. The molecule has 0 spiro atoms. The minimum atomic E-state index is 0.415. The lowest BCUT2D eigenvalue weighted by atomic mass is 10.3. The fourth-order valence-corrected chi connectivity index (χ4v) is 1.77. The van der Waals surface area contributed by atoms with Crippen LogP contribution in [-0.2, 0) is 9.47 Å². The van der Waals surface area contributed by atoms with Gasteiger partial charge >= 0.3 is 5.95 Å². The monoisotopic (exact) mass is 225 g/mol. The maximum atomic E-state index is 5.56. The predicted octanol–water partition coefficient (Wildman–Crippen LogP) is 0.432. The predicted molar refractivity (Wildman–Crippen MR) is 62.5 cm³/mol. The second-order valence-electron chi connectivity index (χ2n) is 2.92. The van der Waals surface area contributed by atoms with Crippen LogP contribution in [0.5, 0.6) is 5.75 Å². The summed E-state index contributed by atoms with van der Waals surface area (Å²) in [6.45, 7) is 0. The first-order valence-corrected chi connectivity index (χ1v) is 5.49. The zero-order valence-electron chi connectivity index (χ0n) is 9.11. The molecule has 0 aliphatic rings. The van der Waals surface area contributed by atoms with Crippen LogP contribution in [0.15, 0.2) is 35.6 Å². The van der Waals surface area contributed by atoms with E-state index in [9.17, 15) is 0 Å². The van der Waals surface area contributed by atoms with Crippen molar-refractivity contribution in [1.82, 2.24) is 0 Å².